The van der Waals surface area contributed by atoms with Crippen LogP contribution in [-0.2, 0) is 9.53 Å². The van der Waals surface area contributed by atoms with E-state index in [2.05, 4.69) is 29.8 Å². The monoisotopic (exact) mass is 315 g/mol. The molecular weight excluding hydrogens is 290 g/mol. The smallest absolute Gasteiger partial charge is 0.325 e. The third-order valence-electron chi connectivity index (χ3n) is 3.21. The summed E-state index contributed by atoms with van der Waals surface area (Å²) in [4.78, 5) is 11.9. The minimum atomic E-state index is -0.543. The van der Waals surface area contributed by atoms with Gasteiger partial charge < -0.3 is 10.1 Å². The van der Waals surface area contributed by atoms with Gasteiger partial charge in [0.15, 0.2) is 0 Å². The van der Waals surface area contributed by atoms with E-state index in [9.17, 15) is 4.79 Å². The molecule has 5 heteroatoms. The molecule has 1 heterocycles. The molecule has 0 radical (unpaired) electrons. The zero-order valence-corrected chi connectivity index (χ0v) is 14.2. The van der Waals surface area contributed by atoms with Crippen LogP contribution in [0.1, 0.15) is 39.5 Å². The number of methoxy groups -OCH3 is 1. The van der Waals surface area contributed by atoms with E-state index in [1.807, 2.05) is 18.7 Å². The molecule has 0 amide bonds. The Morgan fingerprint density at radius 1 is 1.50 bits per heavy atom. The van der Waals surface area contributed by atoms with Crippen molar-refractivity contribution in [2.24, 2.45) is 0 Å². The number of ether oxygens (including phenoxy) is 1. The fourth-order valence-electron chi connectivity index (χ4n) is 1.99. The van der Waals surface area contributed by atoms with Gasteiger partial charge >= 0.3 is 5.97 Å². The number of thioether (sulfide) groups is 1. The third kappa shape index (κ3) is 5.85. The van der Waals surface area contributed by atoms with Crippen LogP contribution in [-0.4, -0.2) is 30.9 Å². The van der Waals surface area contributed by atoms with Crippen LogP contribution in [0.25, 0.3) is 0 Å². The minimum absolute atomic E-state index is 0.156. The van der Waals surface area contributed by atoms with Gasteiger partial charge in [0.2, 0.25) is 0 Å². The predicted molar refractivity (Wildman–Crippen MR) is 87.6 cm³/mol. The van der Waals surface area contributed by atoms with Crippen LogP contribution in [0, 0.1) is 0 Å². The zero-order valence-electron chi connectivity index (χ0n) is 12.6. The van der Waals surface area contributed by atoms with E-state index in [0.717, 1.165) is 38.0 Å². The van der Waals surface area contributed by atoms with Crippen LogP contribution in [0.2, 0.25) is 0 Å². The standard InChI is InChI=1S/C15H25NO2S2/c1-4-10-16-15(2,14(17)18-3)9-5-6-11-19-13-8-7-12-20-13/h7-8,12,16H,4-6,9-11H2,1-3H3. The summed E-state index contributed by atoms with van der Waals surface area (Å²) in [7, 11) is 1.46. The highest BCUT2D eigenvalue weighted by Gasteiger charge is 2.32. The van der Waals surface area contributed by atoms with Gasteiger partial charge in [0, 0.05) is 0 Å². The molecule has 1 rings (SSSR count). The number of carbonyl (C=O) groups is 1. The van der Waals surface area contributed by atoms with Gasteiger partial charge in [0.05, 0.1) is 11.3 Å². The zero-order chi connectivity index (χ0) is 14.8. The van der Waals surface area contributed by atoms with Crippen molar-refractivity contribution >= 4 is 29.1 Å². The summed E-state index contributed by atoms with van der Waals surface area (Å²) >= 11 is 3.67. The van der Waals surface area contributed by atoms with Crippen LogP contribution in [0.3, 0.4) is 0 Å². The van der Waals surface area contributed by atoms with Crippen molar-refractivity contribution in [2.75, 3.05) is 19.4 Å². The number of carbonyl (C=O) groups excluding carboxylic acids is 1. The molecule has 0 aromatic carbocycles. The number of unbranched alkanes of at least 4 members (excludes halogenated alkanes) is 1. The number of thiophene rings is 1. The topological polar surface area (TPSA) is 38.3 Å². The van der Waals surface area contributed by atoms with E-state index in [0.29, 0.717) is 0 Å². The maximum atomic E-state index is 11.9. The second-order valence-corrected chi connectivity index (χ2v) is 7.33. The lowest BCUT2D eigenvalue weighted by atomic mass is 9.95. The first kappa shape index (κ1) is 17.5. The summed E-state index contributed by atoms with van der Waals surface area (Å²) < 4.78 is 6.29. The van der Waals surface area contributed by atoms with Crippen molar-refractivity contribution in [3.8, 4) is 0 Å². The highest BCUT2D eigenvalue weighted by Crippen LogP contribution is 2.25. The summed E-state index contributed by atoms with van der Waals surface area (Å²) in [6.45, 7) is 4.89. The molecule has 1 atom stereocenters. The molecule has 0 bridgehead atoms. The van der Waals surface area contributed by atoms with Crippen LogP contribution in [0.4, 0.5) is 0 Å². The second-order valence-electron chi connectivity index (χ2n) is 4.99. The SMILES string of the molecule is CCCNC(C)(CCCCSc1cccs1)C(=O)OC. The summed E-state index contributed by atoms with van der Waals surface area (Å²) in [6, 6.07) is 4.23. The van der Waals surface area contributed by atoms with Crippen LogP contribution in [0.5, 0.6) is 0 Å². The number of rotatable bonds is 10. The first-order valence-electron chi connectivity index (χ1n) is 7.12. The molecule has 1 aromatic rings. The lowest BCUT2D eigenvalue weighted by Crippen LogP contribution is -2.50. The first-order valence-corrected chi connectivity index (χ1v) is 8.98. The molecule has 0 aliphatic rings. The van der Waals surface area contributed by atoms with Crippen molar-refractivity contribution in [2.45, 2.75) is 49.3 Å². The van der Waals surface area contributed by atoms with Crippen molar-refractivity contribution in [1.29, 1.82) is 0 Å². The lowest BCUT2D eigenvalue weighted by Gasteiger charge is -2.28. The highest BCUT2D eigenvalue weighted by molar-refractivity contribution is 8.01. The number of hydrogen-bond donors (Lipinski definition) is 1. The summed E-state index contributed by atoms with van der Waals surface area (Å²) in [5.41, 5.74) is -0.543. The van der Waals surface area contributed by atoms with E-state index in [1.54, 1.807) is 11.3 Å². The minimum Gasteiger partial charge on any atom is -0.468 e. The van der Waals surface area contributed by atoms with E-state index in [4.69, 9.17) is 4.74 Å². The van der Waals surface area contributed by atoms with E-state index in [-0.39, 0.29) is 5.97 Å². The molecule has 1 aromatic heterocycles. The predicted octanol–water partition coefficient (Wildman–Crippen LogP) is 3.94. The number of esters is 1. The Bertz CT molecular complexity index is 381. The Kier molecular flexibility index (Phi) is 8.26. The molecule has 1 N–H and O–H groups in total. The molecule has 1 unspecified atom stereocenters. The van der Waals surface area contributed by atoms with Crippen LogP contribution >= 0.6 is 23.1 Å². The van der Waals surface area contributed by atoms with Gasteiger partial charge in [0.1, 0.15) is 5.54 Å². The van der Waals surface area contributed by atoms with E-state index < -0.39 is 5.54 Å². The Morgan fingerprint density at radius 3 is 2.90 bits per heavy atom. The number of hydrogen-bond acceptors (Lipinski definition) is 5. The molecule has 0 spiro atoms. The van der Waals surface area contributed by atoms with Gasteiger partial charge in [-0.25, -0.2) is 0 Å². The Balaban J connectivity index is 2.29. The molecule has 0 saturated carbocycles. The van der Waals surface area contributed by atoms with Crippen molar-refractivity contribution in [3.05, 3.63) is 17.5 Å². The lowest BCUT2D eigenvalue weighted by molar-refractivity contribution is -0.148. The fourth-order valence-corrected chi connectivity index (χ4v) is 3.85. The van der Waals surface area contributed by atoms with Crippen LogP contribution in [0.15, 0.2) is 21.7 Å². The summed E-state index contributed by atoms with van der Waals surface area (Å²) in [6.07, 6.45) is 3.98. The maximum Gasteiger partial charge on any atom is 0.325 e. The molecule has 0 saturated heterocycles. The molecule has 20 heavy (non-hydrogen) atoms. The van der Waals surface area contributed by atoms with Gasteiger partial charge in [-0.2, -0.15) is 0 Å². The quantitative estimate of drug-likeness (QED) is 0.403. The summed E-state index contributed by atoms with van der Waals surface area (Å²) in [5.74, 6) is 0.947. The highest BCUT2D eigenvalue weighted by atomic mass is 32.2. The van der Waals surface area contributed by atoms with Gasteiger partial charge in [0.25, 0.3) is 0 Å². The largest absolute Gasteiger partial charge is 0.468 e. The van der Waals surface area contributed by atoms with Crippen molar-refractivity contribution in [3.63, 3.8) is 0 Å². The second kappa shape index (κ2) is 9.42. The average molecular weight is 316 g/mol. The molecule has 0 aliphatic carbocycles. The van der Waals surface area contributed by atoms with E-state index in [1.165, 1.54) is 11.3 Å². The molecule has 3 nitrogen and oxygen atoms in total. The van der Waals surface area contributed by atoms with Gasteiger partial charge in [-0.1, -0.05) is 19.4 Å². The van der Waals surface area contributed by atoms with Gasteiger partial charge in [-0.05, 0) is 49.9 Å². The molecule has 0 aliphatic heterocycles. The fraction of sp³-hybridized carbons (Fsp3) is 0.667. The third-order valence-corrected chi connectivity index (χ3v) is 5.43. The molecule has 0 fully saturated rings. The van der Waals surface area contributed by atoms with Crippen LogP contribution < -0.4 is 5.32 Å². The Labute approximate surface area is 130 Å². The van der Waals surface area contributed by atoms with E-state index >= 15 is 0 Å². The Morgan fingerprint density at radius 2 is 2.30 bits per heavy atom. The van der Waals surface area contributed by atoms with Gasteiger partial charge in [-0.3, -0.25) is 4.79 Å². The normalized spacial score (nSPS) is 13.9. The van der Waals surface area contributed by atoms with Gasteiger partial charge in [-0.15, -0.1) is 23.1 Å². The molecular formula is C15H25NO2S2. The maximum absolute atomic E-state index is 11.9. The summed E-state index contributed by atoms with van der Waals surface area (Å²) in [5, 5.41) is 5.42. The Hall–Kier alpha value is -0.520. The van der Waals surface area contributed by atoms with Crippen molar-refractivity contribution < 1.29 is 9.53 Å². The van der Waals surface area contributed by atoms with Crippen molar-refractivity contribution in [1.82, 2.24) is 5.32 Å². The average Bonchev–Trinajstić information content (AvgIpc) is 2.97. The number of nitrogens with one attached hydrogen (secondary N) is 1. The molecule has 114 valence electrons. The first-order chi connectivity index (χ1) is 9.62.